The van der Waals surface area contributed by atoms with Crippen molar-refractivity contribution in [3.8, 4) is 22.5 Å². The number of aromatic amines is 1. The van der Waals surface area contributed by atoms with E-state index >= 15 is 0 Å². The third-order valence-corrected chi connectivity index (χ3v) is 6.45. The zero-order chi connectivity index (χ0) is 26.8. The number of nitrogen functional groups attached to an aromatic ring is 1. The Kier molecular flexibility index (Phi) is 6.22. The molecule has 6 rings (SSSR count). The zero-order valence-corrected chi connectivity index (χ0v) is 21.2. The lowest BCUT2D eigenvalue weighted by atomic mass is 10.0. The van der Waals surface area contributed by atoms with Crippen molar-refractivity contribution >= 4 is 34.1 Å². The van der Waals surface area contributed by atoms with Gasteiger partial charge in [-0.15, -0.1) is 5.10 Å². The minimum absolute atomic E-state index is 0.324. The number of hydrogen-bond acceptors (Lipinski definition) is 5. The van der Waals surface area contributed by atoms with E-state index in [4.69, 9.17) is 5.73 Å². The summed E-state index contributed by atoms with van der Waals surface area (Å²) in [6.45, 7) is 2.51. The normalized spacial score (nSPS) is 11.0. The fraction of sp³-hybridized carbons (Fsp3) is 0.0667. The average molecular weight is 515 g/mol. The van der Waals surface area contributed by atoms with E-state index in [1.165, 1.54) is 0 Å². The Bertz CT molecular complexity index is 1790. The van der Waals surface area contributed by atoms with E-state index in [0.29, 0.717) is 23.7 Å². The minimum atomic E-state index is -0.324. The summed E-state index contributed by atoms with van der Waals surface area (Å²) >= 11 is 0. The highest BCUT2D eigenvalue weighted by Crippen LogP contribution is 2.34. The third kappa shape index (κ3) is 5.05. The first-order valence-electron chi connectivity index (χ1n) is 12.5. The monoisotopic (exact) mass is 514 g/mol. The van der Waals surface area contributed by atoms with E-state index in [1.54, 1.807) is 0 Å². The molecule has 0 bridgehead atoms. The van der Waals surface area contributed by atoms with Crippen molar-refractivity contribution in [3.63, 3.8) is 0 Å². The molecule has 0 fully saturated rings. The number of fused-ring (bicyclic) bond motifs is 1. The van der Waals surface area contributed by atoms with Crippen molar-refractivity contribution in [1.29, 1.82) is 0 Å². The Balaban J connectivity index is 1.37. The van der Waals surface area contributed by atoms with Gasteiger partial charge in [-0.3, -0.25) is 5.10 Å². The number of nitrogens with zero attached hydrogens (tertiary/aromatic N) is 4. The summed E-state index contributed by atoms with van der Waals surface area (Å²) in [5.74, 6) is 0.427. The van der Waals surface area contributed by atoms with Crippen LogP contribution in [0.5, 0.6) is 0 Å². The van der Waals surface area contributed by atoms with Crippen molar-refractivity contribution in [2.45, 2.75) is 13.5 Å². The van der Waals surface area contributed by atoms with Crippen LogP contribution in [0.4, 0.5) is 22.0 Å². The van der Waals surface area contributed by atoms with Crippen LogP contribution in [0, 0.1) is 6.92 Å². The summed E-state index contributed by atoms with van der Waals surface area (Å²) in [6.07, 6.45) is 0. The molecule has 9 nitrogen and oxygen atoms in total. The second kappa shape index (κ2) is 10.1. The number of hydrogen-bond donors (Lipinski definition) is 4. The van der Waals surface area contributed by atoms with Crippen LogP contribution in [0.25, 0.3) is 33.4 Å². The fourth-order valence-electron chi connectivity index (χ4n) is 4.60. The highest BCUT2D eigenvalue weighted by Gasteiger charge is 2.19. The van der Waals surface area contributed by atoms with E-state index in [1.807, 2.05) is 96.5 Å². The lowest BCUT2D eigenvalue weighted by Gasteiger charge is -2.12. The van der Waals surface area contributed by atoms with Crippen LogP contribution in [0.15, 0.2) is 97.1 Å². The van der Waals surface area contributed by atoms with E-state index in [0.717, 1.165) is 44.5 Å². The first kappa shape index (κ1) is 23.9. The van der Waals surface area contributed by atoms with E-state index in [-0.39, 0.29) is 6.03 Å². The average Bonchev–Trinajstić information content (AvgIpc) is 3.52. The van der Waals surface area contributed by atoms with E-state index in [2.05, 4.69) is 43.3 Å². The van der Waals surface area contributed by atoms with Gasteiger partial charge in [0.15, 0.2) is 5.82 Å². The first-order valence-corrected chi connectivity index (χ1v) is 12.5. The lowest BCUT2D eigenvalue weighted by molar-refractivity contribution is 0.262. The van der Waals surface area contributed by atoms with Crippen LogP contribution in [-0.4, -0.2) is 31.2 Å². The zero-order valence-electron chi connectivity index (χ0n) is 21.2. The van der Waals surface area contributed by atoms with Gasteiger partial charge in [0.25, 0.3) is 0 Å². The van der Waals surface area contributed by atoms with E-state index in [9.17, 15) is 4.79 Å². The summed E-state index contributed by atoms with van der Waals surface area (Å²) in [4.78, 5) is 12.7. The highest BCUT2D eigenvalue weighted by atomic mass is 16.2. The smallest absolute Gasteiger partial charge is 0.323 e. The molecule has 0 aliphatic rings. The summed E-state index contributed by atoms with van der Waals surface area (Å²) in [5, 5.41) is 22.8. The molecule has 6 aromatic rings. The van der Waals surface area contributed by atoms with Crippen LogP contribution in [0.2, 0.25) is 0 Å². The molecule has 0 saturated carbocycles. The molecule has 0 atom stereocenters. The van der Waals surface area contributed by atoms with Crippen LogP contribution >= 0.6 is 0 Å². The van der Waals surface area contributed by atoms with Gasteiger partial charge in [-0.25, -0.2) is 9.48 Å². The molecule has 0 radical (unpaired) electrons. The van der Waals surface area contributed by atoms with Crippen molar-refractivity contribution in [1.82, 2.24) is 25.2 Å². The van der Waals surface area contributed by atoms with Crippen molar-refractivity contribution in [3.05, 3.63) is 108 Å². The summed E-state index contributed by atoms with van der Waals surface area (Å²) in [6, 6.07) is 30.9. The molecule has 0 spiro atoms. The SMILES string of the molecule is Cc1cccc(NC(=O)Nc2cccc(-c3c(-c4ccc5[nH]nc(N)c5c4)nnn3Cc3ccccc3)c2)c1. The predicted octanol–water partition coefficient (Wildman–Crippen LogP) is 6.07. The van der Waals surface area contributed by atoms with Gasteiger partial charge in [-0.2, -0.15) is 5.10 Å². The molecule has 5 N–H and O–H groups in total. The number of amides is 2. The Morgan fingerprint density at radius 2 is 1.64 bits per heavy atom. The molecule has 0 aliphatic carbocycles. The number of carbonyl (C=O) groups is 1. The Hall–Kier alpha value is -5.44. The maximum atomic E-state index is 12.7. The summed E-state index contributed by atoms with van der Waals surface area (Å²) in [7, 11) is 0. The maximum Gasteiger partial charge on any atom is 0.323 e. The predicted molar refractivity (Wildman–Crippen MR) is 154 cm³/mol. The molecule has 9 heteroatoms. The maximum absolute atomic E-state index is 12.7. The molecule has 39 heavy (non-hydrogen) atoms. The Labute approximate surface area is 224 Å². The van der Waals surface area contributed by atoms with E-state index < -0.39 is 0 Å². The van der Waals surface area contributed by atoms with Gasteiger partial charge in [-0.05, 0) is 54.4 Å². The number of H-pyrrole nitrogens is 1. The quantitative estimate of drug-likeness (QED) is 0.215. The molecule has 192 valence electrons. The molecule has 2 aromatic heterocycles. The largest absolute Gasteiger partial charge is 0.382 e. The number of aromatic nitrogens is 5. The van der Waals surface area contributed by atoms with Gasteiger partial charge in [0.1, 0.15) is 5.69 Å². The van der Waals surface area contributed by atoms with Crippen LogP contribution in [-0.2, 0) is 6.54 Å². The Morgan fingerprint density at radius 1 is 0.872 bits per heavy atom. The number of anilines is 3. The van der Waals surface area contributed by atoms with Gasteiger partial charge >= 0.3 is 6.03 Å². The van der Waals surface area contributed by atoms with Crippen molar-refractivity contribution in [2.24, 2.45) is 0 Å². The summed E-state index contributed by atoms with van der Waals surface area (Å²) in [5.41, 5.74) is 13.7. The second-order valence-electron chi connectivity index (χ2n) is 9.33. The number of nitrogens with one attached hydrogen (secondary N) is 3. The third-order valence-electron chi connectivity index (χ3n) is 6.45. The molecular weight excluding hydrogens is 488 g/mol. The van der Waals surface area contributed by atoms with Crippen LogP contribution in [0.1, 0.15) is 11.1 Å². The highest BCUT2D eigenvalue weighted by molar-refractivity contribution is 6.00. The van der Waals surface area contributed by atoms with Crippen molar-refractivity contribution in [2.75, 3.05) is 16.4 Å². The van der Waals surface area contributed by atoms with Crippen LogP contribution < -0.4 is 16.4 Å². The molecule has 2 heterocycles. The minimum Gasteiger partial charge on any atom is -0.382 e. The molecule has 0 unspecified atom stereocenters. The molecule has 0 saturated heterocycles. The number of nitrogens with two attached hydrogens (primary N) is 1. The number of rotatable bonds is 6. The Morgan fingerprint density at radius 3 is 2.44 bits per heavy atom. The summed E-state index contributed by atoms with van der Waals surface area (Å²) < 4.78 is 1.87. The van der Waals surface area contributed by atoms with Crippen LogP contribution in [0.3, 0.4) is 0 Å². The second-order valence-corrected chi connectivity index (χ2v) is 9.33. The lowest BCUT2D eigenvalue weighted by Crippen LogP contribution is -2.19. The molecule has 2 amide bonds. The van der Waals surface area contributed by atoms with Crippen molar-refractivity contribution < 1.29 is 4.79 Å². The molecule has 0 aliphatic heterocycles. The van der Waals surface area contributed by atoms with Gasteiger partial charge < -0.3 is 16.4 Å². The topological polar surface area (TPSA) is 127 Å². The molecule has 4 aromatic carbocycles. The number of urea groups is 1. The number of benzene rings is 4. The number of aryl methyl sites for hydroxylation is 1. The first-order chi connectivity index (χ1) is 19.0. The van der Waals surface area contributed by atoms with Gasteiger partial charge in [-0.1, -0.05) is 65.9 Å². The van der Waals surface area contributed by atoms with Gasteiger partial charge in [0.2, 0.25) is 0 Å². The number of carbonyl (C=O) groups excluding carboxylic acids is 1. The standard InChI is InChI=1S/C30H26N8O/c1-19-7-5-11-23(15-19)32-30(39)33-24-12-6-10-22(16-24)28-27(21-13-14-26-25(17-21)29(31)36-34-26)35-37-38(28)18-20-8-3-2-4-9-20/h2-17H,18H2,1H3,(H3,31,34,36)(H2,32,33,39). The van der Waals surface area contributed by atoms with Gasteiger partial charge in [0, 0.05) is 27.9 Å². The fourth-order valence-corrected chi connectivity index (χ4v) is 4.60. The molecular formula is C30H26N8O. The van der Waals surface area contributed by atoms with Gasteiger partial charge in [0.05, 0.1) is 17.8 Å².